The number of carbonyl (C=O) groups excluding carboxylic acids is 2. The van der Waals surface area contributed by atoms with Crippen LogP contribution in [0.2, 0.25) is 0 Å². The lowest BCUT2D eigenvalue weighted by Crippen LogP contribution is -2.57. The van der Waals surface area contributed by atoms with Crippen molar-refractivity contribution in [3.63, 3.8) is 0 Å². The van der Waals surface area contributed by atoms with Crippen molar-refractivity contribution >= 4 is 11.9 Å². The molecule has 0 aromatic heterocycles. The summed E-state index contributed by atoms with van der Waals surface area (Å²) in [6, 6.07) is 0. The van der Waals surface area contributed by atoms with Crippen molar-refractivity contribution < 1.29 is 19.1 Å². The van der Waals surface area contributed by atoms with Gasteiger partial charge in [-0.05, 0) is 109 Å². The van der Waals surface area contributed by atoms with E-state index in [4.69, 9.17) is 9.47 Å². The van der Waals surface area contributed by atoms with Crippen LogP contribution in [-0.4, -0.2) is 23.1 Å². The van der Waals surface area contributed by atoms with E-state index in [1.807, 2.05) is 13.0 Å². The second-order valence-corrected chi connectivity index (χ2v) is 13.2. The molecule has 35 heavy (non-hydrogen) atoms. The van der Waals surface area contributed by atoms with Crippen molar-refractivity contribution in [2.24, 2.45) is 35.0 Å². The normalized spacial score (nSPS) is 30.7. The average molecular weight is 487 g/mol. The van der Waals surface area contributed by atoms with Gasteiger partial charge in [0.15, 0.2) is 0 Å². The third-order valence-corrected chi connectivity index (χ3v) is 9.85. The summed E-state index contributed by atoms with van der Waals surface area (Å²) in [4.78, 5) is 25.7. The van der Waals surface area contributed by atoms with Crippen molar-refractivity contribution in [1.29, 1.82) is 0 Å². The molecule has 0 spiro atoms. The van der Waals surface area contributed by atoms with Gasteiger partial charge >= 0.3 is 11.9 Å². The van der Waals surface area contributed by atoms with Gasteiger partial charge < -0.3 is 9.47 Å². The van der Waals surface area contributed by atoms with Gasteiger partial charge in [-0.3, -0.25) is 0 Å². The van der Waals surface area contributed by atoms with E-state index in [0.717, 1.165) is 30.6 Å². The van der Waals surface area contributed by atoms with Crippen LogP contribution < -0.4 is 0 Å². The summed E-state index contributed by atoms with van der Waals surface area (Å²) in [7, 11) is 0. The molecule has 4 aliphatic rings. The van der Waals surface area contributed by atoms with Crippen LogP contribution >= 0.6 is 0 Å². The van der Waals surface area contributed by atoms with Gasteiger partial charge in [0, 0.05) is 16.6 Å². The molecule has 4 bridgehead atoms. The minimum Gasteiger partial charge on any atom is -0.456 e. The van der Waals surface area contributed by atoms with Crippen molar-refractivity contribution in [1.82, 2.24) is 0 Å². The quantitative estimate of drug-likeness (QED) is 0.221. The van der Waals surface area contributed by atoms with E-state index in [2.05, 4.69) is 48.1 Å². The summed E-state index contributed by atoms with van der Waals surface area (Å²) in [5.41, 5.74) is 0.150. The topological polar surface area (TPSA) is 52.6 Å². The highest BCUT2D eigenvalue weighted by Crippen LogP contribution is 2.64. The zero-order valence-electron chi connectivity index (χ0n) is 23.7. The van der Waals surface area contributed by atoms with Gasteiger partial charge in [0.25, 0.3) is 0 Å². The average Bonchev–Trinajstić information content (AvgIpc) is 2.75. The summed E-state index contributed by atoms with van der Waals surface area (Å²) in [5.74, 6) is 2.13. The van der Waals surface area contributed by atoms with Crippen molar-refractivity contribution in [2.75, 3.05) is 0 Å². The van der Waals surface area contributed by atoms with E-state index in [0.29, 0.717) is 17.6 Å². The number of esters is 2. The van der Waals surface area contributed by atoms with Crippen LogP contribution in [0.5, 0.6) is 0 Å². The van der Waals surface area contributed by atoms with E-state index >= 15 is 0 Å². The summed E-state index contributed by atoms with van der Waals surface area (Å²) in [6.45, 7) is 20.1. The van der Waals surface area contributed by atoms with E-state index in [1.54, 1.807) is 6.92 Å². The molecule has 0 amide bonds. The molecular formula is C31H50O4. The fourth-order valence-corrected chi connectivity index (χ4v) is 7.93. The van der Waals surface area contributed by atoms with Gasteiger partial charge in [-0.15, -0.1) is 0 Å². The first-order valence-electron chi connectivity index (χ1n) is 14.0. The second kappa shape index (κ2) is 10.4. The smallest absolute Gasteiger partial charge is 0.333 e. The Morgan fingerprint density at radius 3 is 1.91 bits per heavy atom. The fraction of sp³-hybridized carbons (Fsp3) is 0.806. The predicted octanol–water partition coefficient (Wildman–Crippen LogP) is 7.81. The third-order valence-electron chi connectivity index (χ3n) is 9.85. The van der Waals surface area contributed by atoms with Crippen LogP contribution in [0.4, 0.5) is 0 Å². The van der Waals surface area contributed by atoms with Crippen LogP contribution in [0.3, 0.4) is 0 Å². The van der Waals surface area contributed by atoms with Crippen LogP contribution in [0.15, 0.2) is 23.8 Å². The van der Waals surface area contributed by atoms with Crippen LogP contribution in [-0.2, 0) is 19.1 Å². The van der Waals surface area contributed by atoms with E-state index in [-0.39, 0.29) is 29.2 Å². The maximum absolute atomic E-state index is 13.3. The molecule has 4 fully saturated rings. The van der Waals surface area contributed by atoms with Gasteiger partial charge in [0.2, 0.25) is 0 Å². The van der Waals surface area contributed by atoms with Gasteiger partial charge in [0.1, 0.15) is 11.2 Å². The number of allylic oxidation sites excluding steroid dienone is 1. The Labute approximate surface area is 214 Å². The lowest BCUT2D eigenvalue weighted by molar-refractivity contribution is -0.195. The highest BCUT2D eigenvalue weighted by molar-refractivity contribution is 5.88. The Balaban J connectivity index is 1.70. The van der Waals surface area contributed by atoms with Crippen LogP contribution in [0, 0.1) is 35.0 Å². The Kier molecular flexibility index (Phi) is 8.34. The third kappa shape index (κ3) is 5.57. The number of hydrogen-bond donors (Lipinski definition) is 0. The molecule has 4 rings (SSSR count). The lowest BCUT2D eigenvalue weighted by Gasteiger charge is -2.61. The molecule has 4 saturated carbocycles. The van der Waals surface area contributed by atoms with Gasteiger partial charge in [-0.2, -0.15) is 0 Å². The van der Waals surface area contributed by atoms with Crippen molar-refractivity contribution in [3.8, 4) is 0 Å². The molecule has 2 atom stereocenters. The van der Waals surface area contributed by atoms with Crippen LogP contribution in [0.25, 0.3) is 0 Å². The number of rotatable bonds is 11. The van der Waals surface area contributed by atoms with E-state index in [9.17, 15) is 9.59 Å². The second-order valence-electron chi connectivity index (χ2n) is 13.2. The number of ether oxygens (including phenoxy) is 2. The van der Waals surface area contributed by atoms with Gasteiger partial charge in [0.05, 0.1) is 0 Å². The number of carbonyl (C=O) groups is 2. The fourth-order valence-electron chi connectivity index (χ4n) is 7.93. The van der Waals surface area contributed by atoms with E-state index < -0.39 is 11.2 Å². The summed E-state index contributed by atoms with van der Waals surface area (Å²) >= 11 is 0. The molecule has 0 saturated heterocycles. The first-order chi connectivity index (χ1) is 16.2. The molecule has 0 N–H and O–H groups in total. The first kappa shape index (κ1) is 28.0. The number of hydrogen-bond acceptors (Lipinski definition) is 4. The summed E-state index contributed by atoms with van der Waals surface area (Å²) < 4.78 is 12.4. The lowest BCUT2D eigenvalue weighted by atomic mass is 9.46. The maximum atomic E-state index is 13.3. The molecule has 198 valence electrons. The molecule has 4 heteroatoms. The molecule has 2 unspecified atom stereocenters. The molecule has 4 nitrogen and oxygen atoms in total. The summed E-state index contributed by atoms with van der Waals surface area (Å²) in [5, 5.41) is 0. The SMILES string of the molecule is C=C(C)C(=O)OC(CCC)(C(C)C)C(C)C/C=C(\C)C(=O)OC(C)(C)C12CC3CC(CC(C3)C1)C2. The molecule has 0 aliphatic heterocycles. The zero-order valence-corrected chi connectivity index (χ0v) is 23.7. The summed E-state index contributed by atoms with van der Waals surface area (Å²) in [6.07, 6.45) is 12.1. The standard InChI is InChI=1S/C31H50O4/c1-10-13-31(21(4)5,35-27(32)20(2)3)23(7)12-11-22(6)28(33)34-29(8,9)30-17-24-14-25(18-30)16-26(15-24)19-30/h11,21,23-26H,2,10,12-19H2,1,3-9H3/b22-11+. The largest absolute Gasteiger partial charge is 0.456 e. The van der Waals surface area contributed by atoms with E-state index in [1.165, 1.54) is 38.5 Å². The van der Waals surface area contributed by atoms with Gasteiger partial charge in [-0.1, -0.05) is 46.8 Å². The zero-order chi connectivity index (χ0) is 26.2. The first-order valence-corrected chi connectivity index (χ1v) is 14.0. The molecule has 0 aromatic rings. The van der Waals surface area contributed by atoms with Gasteiger partial charge in [-0.25, -0.2) is 9.59 Å². The Morgan fingerprint density at radius 1 is 0.971 bits per heavy atom. The molecule has 4 aliphatic carbocycles. The maximum Gasteiger partial charge on any atom is 0.333 e. The molecular weight excluding hydrogens is 436 g/mol. The highest BCUT2D eigenvalue weighted by Gasteiger charge is 2.58. The van der Waals surface area contributed by atoms with Crippen LogP contribution in [0.1, 0.15) is 113 Å². The minimum atomic E-state index is -0.593. The predicted molar refractivity (Wildman–Crippen MR) is 142 cm³/mol. The Bertz CT molecular complexity index is 813. The monoisotopic (exact) mass is 486 g/mol. The van der Waals surface area contributed by atoms with Crippen molar-refractivity contribution in [3.05, 3.63) is 23.8 Å². The van der Waals surface area contributed by atoms with Crippen molar-refractivity contribution in [2.45, 2.75) is 124 Å². The molecule has 0 aromatic carbocycles. The Hall–Kier alpha value is -1.58. The Morgan fingerprint density at radius 2 is 1.49 bits per heavy atom. The molecule has 0 radical (unpaired) electrons. The highest BCUT2D eigenvalue weighted by atomic mass is 16.6. The minimum absolute atomic E-state index is 0.0599. The molecule has 0 heterocycles.